The van der Waals surface area contributed by atoms with Gasteiger partial charge in [0.05, 0.1) is 0 Å². The average molecular weight is 413 g/mol. The van der Waals surface area contributed by atoms with E-state index in [2.05, 4.69) is 16.4 Å². The van der Waals surface area contributed by atoms with E-state index < -0.39 is 10.3 Å². The Morgan fingerprint density at radius 2 is 1.46 bits per heavy atom. The fourth-order valence-electron chi connectivity index (χ4n) is 3.05. The highest BCUT2D eigenvalue weighted by atomic mass is 32.2. The van der Waals surface area contributed by atoms with Crippen molar-refractivity contribution in [1.29, 1.82) is 0 Å². The van der Waals surface area contributed by atoms with Gasteiger partial charge in [0.25, 0.3) is 0 Å². The van der Waals surface area contributed by atoms with Crippen LogP contribution in [-0.2, 0) is 21.5 Å². The number of amides is 1. The summed E-state index contributed by atoms with van der Waals surface area (Å²) in [5.41, 5.74) is 0.987. The van der Waals surface area contributed by atoms with Crippen LogP contribution in [0, 0.1) is 0 Å². The van der Waals surface area contributed by atoms with Gasteiger partial charge in [0.2, 0.25) is 5.91 Å². The molecule has 0 spiro atoms. The molecule has 0 atom stereocenters. The average Bonchev–Trinajstić information content (AvgIpc) is 2.63. The summed E-state index contributed by atoms with van der Waals surface area (Å²) >= 11 is 0. The maximum Gasteiger partial charge on any atom is 0.380 e. The van der Waals surface area contributed by atoms with E-state index in [0.29, 0.717) is 19.4 Å². The van der Waals surface area contributed by atoms with Gasteiger partial charge >= 0.3 is 10.3 Å². The van der Waals surface area contributed by atoms with Crippen LogP contribution >= 0.6 is 0 Å². The van der Waals surface area contributed by atoms with E-state index in [-0.39, 0.29) is 11.7 Å². The van der Waals surface area contributed by atoms with Gasteiger partial charge in [0.15, 0.2) is 0 Å². The fourth-order valence-corrected chi connectivity index (χ4v) is 3.43. The lowest BCUT2D eigenvalue weighted by molar-refractivity contribution is -0.121. The van der Waals surface area contributed by atoms with Gasteiger partial charge in [0, 0.05) is 13.0 Å². The van der Waals surface area contributed by atoms with Crippen LogP contribution < -0.4 is 14.6 Å². The summed E-state index contributed by atoms with van der Waals surface area (Å²) in [7, 11) is -4.00. The van der Waals surface area contributed by atoms with E-state index in [4.69, 9.17) is 5.14 Å². The molecule has 1 rings (SSSR count). The monoisotopic (exact) mass is 412 g/mol. The Kier molecular flexibility index (Phi) is 12.6. The molecule has 1 amide bonds. The first kappa shape index (κ1) is 24.4. The smallest absolute Gasteiger partial charge is 0.371 e. The summed E-state index contributed by atoms with van der Waals surface area (Å²) in [6.07, 6.45) is 13.9. The molecule has 0 radical (unpaired) electrons. The number of nitrogens with one attached hydrogen (secondary N) is 1. The quantitative estimate of drug-likeness (QED) is 0.397. The Bertz CT molecular complexity index is 645. The SMILES string of the molecule is CCCCCCCCCCCCC(=O)NCCc1ccc(OS(N)(=O)=O)cc1. The van der Waals surface area contributed by atoms with Crippen molar-refractivity contribution in [2.75, 3.05) is 6.54 Å². The standard InChI is InChI=1S/C21H36N2O4S/c1-2-3-4-5-6-7-8-9-10-11-12-21(24)23-18-17-19-13-15-20(16-14-19)27-28(22,25)26/h13-16H,2-12,17-18H2,1H3,(H,23,24)(H2,22,25,26). The third kappa shape index (κ3) is 13.6. The Morgan fingerprint density at radius 1 is 0.929 bits per heavy atom. The highest BCUT2D eigenvalue weighted by Crippen LogP contribution is 2.14. The van der Waals surface area contributed by atoms with Crippen molar-refractivity contribution < 1.29 is 17.4 Å². The minimum Gasteiger partial charge on any atom is -0.371 e. The topological polar surface area (TPSA) is 98.5 Å². The third-order valence-corrected chi connectivity index (χ3v) is 5.05. The van der Waals surface area contributed by atoms with Crippen LogP contribution in [0.5, 0.6) is 5.75 Å². The number of carbonyl (C=O) groups is 1. The second-order valence-electron chi connectivity index (χ2n) is 7.25. The maximum absolute atomic E-state index is 11.9. The first-order chi connectivity index (χ1) is 13.4. The molecule has 160 valence electrons. The number of unbranched alkanes of at least 4 members (excludes halogenated alkanes) is 9. The zero-order valence-corrected chi connectivity index (χ0v) is 17.9. The van der Waals surface area contributed by atoms with Crippen molar-refractivity contribution in [2.45, 2.75) is 84.0 Å². The lowest BCUT2D eigenvalue weighted by Crippen LogP contribution is -2.25. The molecule has 0 aliphatic rings. The maximum atomic E-state index is 11.9. The fraction of sp³-hybridized carbons (Fsp3) is 0.667. The number of rotatable bonds is 16. The van der Waals surface area contributed by atoms with Crippen LogP contribution in [0.15, 0.2) is 24.3 Å². The van der Waals surface area contributed by atoms with Gasteiger partial charge in [-0.2, -0.15) is 13.6 Å². The first-order valence-electron chi connectivity index (χ1n) is 10.5. The highest BCUT2D eigenvalue weighted by Gasteiger charge is 2.05. The van der Waals surface area contributed by atoms with Crippen molar-refractivity contribution in [3.05, 3.63) is 29.8 Å². The summed E-state index contributed by atoms with van der Waals surface area (Å²) < 4.78 is 26.3. The lowest BCUT2D eigenvalue weighted by atomic mass is 10.1. The van der Waals surface area contributed by atoms with E-state index in [1.54, 1.807) is 24.3 Å². The zero-order valence-electron chi connectivity index (χ0n) is 17.1. The van der Waals surface area contributed by atoms with Crippen LogP contribution in [0.4, 0.5) is 0 Å². The van der Waals surface area contributed by atoms with Crippen molar-refractivity contribution in [1.82, 2.24) is 5.32 Å². The summed E-state index contributed by atoms with van der Waals surface area (Å²) in [6, 6.07) is 6.61. The minimum atomic E-state index is -4.00. The summed E-state index contributed by atoms with van der Waals surface area (Å²) in [4.78, 5) is 11.9. The molecule has 0 fully saturated rings. The molecule has 0 saturated heterocycles. The van der Waals surface area contributed by atoms with Crippen LogP contribution in [0.3, 0.4) is 0 Å². The van der Waals surface area contributed by atoms with E-state index in [9.17, 15) is 13.2 Å². The van der Waals surface area contributed by atoms with Crippen molar-refractivity contribution in [3.8, 4) is 5.75 Å². The van der Waals surface area contributed by atoms with E-state index >= 15 is 0 Å². The Hall–Kier alpha value is -1.60. The van der Waals surface area contributed by atoms with Gasteiger partial charge in [0.1, 0.15) is 5.75 Å². The molecular weight excluding hydrogens is 376 g/mol. The van der Waals surface area contributed by atoms with E-state index in [1.165, 1.54) is 51.4 Å². The van der Waals surface area contributed by atoms with Crippen molar-refractivity contribution >= 4 is 16.2 Å². The second kappa shape index (κ2) is 14.4. The molecule has 1 aromatic rings. The molecule has 0 saturated carbocycles. The molecule has 6 nitrogen and oxygen atoms in total. The Morgan fingerprint density at radius 3 is 2.00 bits per heavy atom. The summed E-state index contributed by atoms with van der Waals surface area (Å²) in [5, 5.41) is 7.75. The van der Waals surface area contributed by atoms with Crippen LogP contribution in [0.2, 0.25) is 0 Å². The van der Waals surface area contributed by atoms with Gasteiger partial charge in [-0.3, -0.25) is 4.79 Å². The van der Waals surface area contributed by atoms with Crippen molar-refractivity contribution in [3.63, 3.8) is 0 Å². The predicted molar refractivity (Wildman–Crippen MR) is 113 cm³/mol. The summed E-state index contributed by atoms with van der Waals surface area (Å²) in [5.74, 6) is 0.269. The van der Waals surface area contributed by atoms with Crippen LogP contribution in [0.25, 0.3) is 0 Å². The number of benzene rings is 1. The molecule has 0 bridgehead atoms. The molecule has 7 heteroatoms. The molecule has 1 aromatic carbocycles. The van der Waals surface area contributed by atoms with Crippen molar-refractivity contribution in [2.24, 2.45) is 5.14 Å². The van der Waals surface area contributed by atoms with Gasteiger partial charge in [-0.1, -0.05) is 76.8 Å². The summed E-state index contributed by atoms with van der Waals surface area (Å²) in [6.45, 7) is 2.80. The Balaban J connectivity index is 2.02. The lowest BCUT2D eigenvalue weighted by Gasteiger charge is -2.07. The van der Waals surface area contributed by atoms with Crippen LogP contribution in [0.1, 0.15) is 83.1 Å². The molecule has 0 heterocycles. The number of hydrogen-bond acceptors (Lipinski definition) is 4. The molecule has 3 N–H and O–H groups in total. The second-order valence-corrected chi connectivity index (χ2v) is 8.40. The van der Waals surface area contributed by atoms with Crippen LogP contribution in [-0.4, -0.2) is 20.9 Å². The molecule has 0 aliphatic carbocycles. The molecule has 0 aliphatic heterocycles. The molecule has 28 heavy (non-hydrogen) atoms. The molecular formula is C21H36N2O4S. The van der Waals surface area contributed by atoms with Gasteiger partial charge < -0.3 is 9.50 Å². The number of carbonyl (C=O) groups excluding carboxylic acids is 1. The normalized spacial score (nSPS) is 11.4. The predicted octanol–water partition coefficient (Wildman–Crippen LogP) is 4.24. The first-order valence-corrected chi connectivity index (χ1v) is 12.0. The number of nitrogens with two attached hydrogens (primary N) is 1. The molecule has 0 aromatic heterocycles. The van der Waals surface area contributed by atoms with E-state index in [0.717, 1.165) is 18.4 Å². The van der Waals surface area contributed by atoms with Gasteiger partial charge in [-0.15, -0.1) is 0 Å². The number of hydrogen-bond donors (Lipinski definition) is 2. The largest absolute Gasteiger partial charge is 0.380 e. The van der Waals surface area contributed by atoms with E-state index in [1.807, 2.05) is 0 Å². The Labute approximate surface area is 170 Å². The third-order valence-electron chi connectivity index (χ3n) is 4.63. The van der Waals surface area contributed by atoms with Gasteiger partial charge in [-0.05, 0) is 30.5 Å². The molecule has 0 unspecified atom stereocenters. The zero-order chi connectivity index (χ0) is 20.7. The van der Waals surface area contributed by atoms with Gasteiger partial charge in [-0.25, -0.2) is 0 Å². The minimum absolute atomic E-state index is 0.0914. The highest BCUT2D eigenvalue weighted by molar-refractivity contribution is 7.84.